The summed E-state index contributed by atoms with van der Waals surface area (Å²) in [4.78, 5) is 11.5. The maximum absolute atomic E-state index is 12.7. The van der Waals surface area contributed by atoms with Crippen LogP contribution in [0.2, 0.25) is 0 Å². The van der Waals surface area contributed by atoms with Crippen molar-refractivity contribution in [1.29, 1.82) is 0 Å². The van der Waals surface area contributed by atoms with Crippen molar-refractivity contribution < 1.29 is 18.3 Å². The summed E-state index contributed by atoms with van der Waals surface area (Å²) in [6, 6.07) is 2.97. The Morgan fingerprint density at radius 3 is 2.82 bits per heavy atom. The van der Waals surface area contributed by atoms with Gasteiger partial charge in [0.2, 0.25) is 0 Å². The molecule has 0 aliphatic rings. The predicted octanol–water partition coefficient (Wildman–Crippen LogP) is 3.05. The van der Waals surface area contributed by atoms with Crippen LogP contribution >= 0.6 is 15.9 Å². The van der Waals surface area contributed by atoms with Gasteiger partial charge in [0.15, 0.2) is 0 Å². The topological polar surface area (TPSA) is 55.0 Å². The van der Waals surface area contributed by atoms with Gasteiger partial charge in [-0.15, -0.1) is 0 Å². The number of rotatable bonds is 2. The van der Waals surface area contributed by atoms with Gasteiger partial charge < -0.3 is 4.74 Å². The van der Waals surface area contributed by atoms with E-state index in [4.69, 9.17) is 0 Å². The van der Waals surface area contributed by atoms with E-state index < -0.39 is 12.4 Å². The molecule has 1 N–H and O–H groups in total. The summed E-state index contributed by atoms with van der Waals surface area (Å²) in [7, 11) is 1.19. The van der Waals surface area contributed by atoms with Crippen molar-refractivity contribution in [3.8, 4) is 0 Å². The summed E-state index contributed by atoms with van der Waals surface area (Å²) in [5.41, 5.74) is -0.0381. The van der Waals surface area contributed by atoms with Crippen molar-refractivity contribution in [2.24, 2.45) is 0 Å². The minimum absolute atomic E-state index is 0.0564. The number of methoxy groups -OCH3 is 1. The van der Waals surface area contributed by atoms with Gasteiger partial charge in [-0.1, -0.05) is 15.9 Å². The van der Waals surface area contributed by atoms with E-state index >= 15 is 0 Å². The molecule has 0 radical (unpaired) electrons. The number of hydrogen-bond acceptors (Lipinski definition) is 3. The molecule has 17 heavy (non-hydrogen) atoms. The number of ether oxygens (including phenoxy) is 1. The first-order chi connectivity index (χ1) is 8.04. The zero-order chi connectivity index (χ0) is 12.6. The lowest BCUT2D eigenvalue weighted by Crippen LogP contribution is -2.03. The Labute approximate surface area is 103 Å². The van der Waals surface area contributed by atoms with E-state index in [1.54, 1.807) is 6.07 Å². The molecule has 0 fully saturated rings. The molecule has 1 aromatic heterocycles. The molecule has 7 heteroatoms. The SMILES string of the molecule is COC(=O)c1cc(Br)cc2n[nH]c(C(F)F)c12. The smallest absolute Gasteiger partial charge is 0.338 e. The second-order valence-corrected chi connectivity index (χ2v) is 4.19. The Morgan fingerprint density at radius 1 is 1.53 bits per heavy atom. The first kappa shape index (κ1) is 12.0. The second-order valence-electron chi connectivity index (χ2n) is 3.28. The Kier molecular flexibility index (Phi) is 3.10. The van der Waals surface area contributed by atoms with Crippen molar-refractivity contribution in [3.05, 3.63) is 27.9 Å². The van der Waals surface area contributed by atoms with Gasteiger partial charge in [0.25, 0.3) is 6.43 Å². The van der Waals surface area contributed by atoms with Crippen molar-refractivity contribution >= 4 is 32.8 Å². The molecule has 1 aromatic carbocycles. The molecule has 0 amide bonds. The fourth-order valence-corrected chi connectivity index (χ4v) is 2.01. The van der Waals surface area contributed by atoms with Crippen LogP contribution in [-0.4, -0.2) is 23.3 Å². The van der Waals surface area contributed by atoms with Crippen molar-refractivity contribution in [1.82, 2.24) is 10.2 Å². The number of fused-ring (bicyclic) bond motifs is 1. The van der Waals surface area contributed by atoms with Gasteiger partial charge >= 0.3 is 5.97 Å². The summed E-state index contributed by atoms with van der Waals surface area (Å²) in [6.45, 7) is 0. The summed E-state index contributed by atoms with van der Waals surface area (Å²) in [6.07, 6.45) is -2.73. The summed E-state index contributed by atoms with van der Waals surface area (Å²) in [5.74, 6) is -0.681. The van der Waals surface area contributed by atoms with E-state index in [1.165, 1.54) is 13.2 Å². The number of carbonyl (C=O) groups excluding carboxylic acids is 1. The van der Waals surface area contributed by atoms with Gasteiger partial charge in [-0.25, -0.2) is 13.6 Å². The van der Waals surface area contributed by atoms with Crippen molar-refractivity contribution in [2.75, 3.05) is 7.11 Å². The fraction of sp³-hybridized carbons (Fsp3) is 0.200. The van der Waals surface area contributed by atoms with E-state index in [0.717, 1.165) is 0 Å². The predicted molar refractivity (Wildman–Crippen MR) is 60.1 cm³/mol. The number of H-pyrrole nitrogens is 1. The monoisotopic (exact) mass is 304 g/mol. The summed E-state index contributed by atoms with van der Waals surface area (Å²) < 4.78 is 30.6. The number of aromatic nitrogens is 2. The minimum Gasteiger partial charge on any atom is -0.465 e. The Bertz CT molecular complexity index is 583. The van der Waals surface area contributed by atoms with E-state index in [-0.39, 0.29) is 22.2 Å². The molecule has 0 aliphatic carbocycles. The molecule has 0 saturated carbocycles. The highest BCUT2D eigenvalue weighted by atomic mass is 79.9. The Morgan fingerprint density at radius 2 is 2.24 bits per heavy atom. The van der Waals surface area contributed by atoms with Crippen molar-refractivity contribution in [3.63, 3.8) is 0 Å². The van der Waals surface area contributed by atoms with Gasteiger partial charge in [-0.3, -0.25) is 5.10 Å². The lowest BCUT2D eigenvalue weighted by atomic mass is 10.1. The standard InChI is InChI=1S/C10H7BrF2N2O2/c1-17-10(16)5-2-4(11)3-6-7(5)8(9(12)13)15-14-6/h2-3,9H,1H3,(H,14,15). The molecule has 4 nitrogen and oxygen atoms in total. The van der Waals surface area contributed by atoms with Crippen LogP contribution in [0.1, 0.15) is 22.5 Å². The number of aromatic amines is 1. The van der Waals surface area contributed by atoms with Crippen LogP contribution in [0.5, 0.6) is 0 Å². The number of esters is 1. The van der Waals surface area contributed by atoms with Crippen LogP contribution < -0.4 is 0 Å². The van der Waals surface area contributed by atoms with Crippen LogP contribution in [0.3, 0.4) is 0 Å². The zero-order valence-corrected chi connectivity index (χ0v) is 10.2. The molecular formula is C10H7BrF2N2O2. The third-order valence-electron chi connectivity index (χ3n) is 2.27. The normalized spacial score (nSPS) is 11.1. The number of nitrogens with zero attached hydrogens (tertiary/aromatic N) is 1. The summed E-state index contributed by atoms with van der Waals surface area (Å²) >= 11 is 3.18. The van der Waals surface area contributed by atoms with Gasteiger partial charge in [-0.2, -0.15) is 5.10 Å². The molecule has 0 bridgehead atoms. The molecule has 0 spiro atoms. The van der Waals surface area contributed by atoms with Crippen LogP contribution in [0.15, 0.2) is 16.6 Å². The highest BCUT2D eigenvalue weighted by Gasteiger charge is 2.22. The number of carbonyl (C=O) groups is 1. The molecule has 0 aliphatic heterocycles. The van der Waals surface area contributed by atoms with Gasteiger partial charge in [0.1, 0.15) is 5.69 Å². The van der Waals surface area contributed by atoms with Crippen LogP contribution in [0, 0.1) is 0 Å². The number of alkyl halides is 2. The lowest BCUT2D eigenvalue weighted by molar-refractivity contribution is 0.0602. The largest absolute Gasteiger partial charge is 0.465 e. The average molecular weight is 305 g/mol. The van der Waals surface area contributed by atoms with E-state index in [9.17, 15) is 13.6 Å². The minimum atomic E-state index is -2.73. The van der Waals surface area contributed by atoms with Gasteiger partial charge in [-0.05, 0) is 12.1 Å². The average Bonchev–Trinajstić information content (AvgIpc) is 2.70. The van der Waals surface area contributed by atoms with E-state index in [1.807, 2.05) is 0 Å². The molecule has 2 aromatic rings. The summed E-state index contributed by atoms with van der Waals surface area (Å²) in [5, 5.41) is 6.06. The maximum Gasteiger partial charge on any atom is 0.338 e. The molecular weight excluding hydrogens is 298 g/mol. The molecule has 0 atom stereocenters. The fourth-order valence-electron chi connectivity index (χ4n) is 1.57. The highest BCUT2D eigenvalue weighted by Crippen LogP contribution is 2.31. The van der Waals surface area contributed by atoms with Crippen LogP contribution in [0.4, 0.5) is 8.78 Å². The first-order valence-corrected chi connectivity index (χ1v) is 5.38. The van der Waals surface area contributed by atoms with Crippen molar-refractivity contribution in [2.45, 2.75) is 6.43 Å². The molecule has 90 valence electrons. The lowest BCUT2D eigenvalue weighted by Gasteiger charge is -2.04. The Hall–Kier alpha value is -1.50. The number of halogens is 3. The second kappa shape index (κ2) is 4.40. The maximum atomic E-state index is 12.7. The number of hydrogen-bond donors (Lipinski definition) is 1. The van der Waals surface area contributed by atoms with Crippen LogP contribution in [-0.2, 0) is 4.74 Å². The quantitative estimate of drug-likeness (QED) is 0.868. The molecule has 1 heterocycles. The Balaban J connectivity index is 2.78. The van der Waals surface area contributed by atoms with Crippen LogP contribution in [0.25, 0.3) is 10.9 Å². The molecule has 0 unspecified atom stereocenters. The van der Waals surface area contributed by atoms with Gasteiger partial charge in [0.05, 0.1) is 18.2 Å². The third-order valence-corrected chi connectivity index (χ3v) is 2.73. The molecule has 0 saturated heterocycles. The molecule has 2 rings (SSSR count). The van der Waals surface area contributed by atoms with E-state index in [2.05, 4.69) is 30.9 Å². The number of benzene rings is 1. The first-order valence-electron chi connectivity index (χ1n) is 4.58. The van der Waals surface area contributed by atoms with Gasteiger partial charge in [0, 0.05) is 9.86 Å². The third kappa shape index (κ3) is 2.02. The highest BCUT2D eigenvalue weighted by molar-refractivity contribution is 9.10. The number of nitrogens with one attached hydrogen (secondary N) is 1. The zero-order valence-electron chi connectivity index (χ0n) is 8.63. The van der Waals surface area contributed by atoms with E-state index in [0.29, 0.717) is 4.47 Å².